The highest BCUT2D eigenvalue weighted by molar-refractivity contribution is 6.12. The van der Waals surface area contributed by atoms with Gasteiger partial charge in [0.15, 0.2) is 0 Å². The second kappa shape index (κ2) is 8.66. The van der Waals surface area contributed by atoms with Crippen LogP contribution in [0.25, 0.3) is 22.2 Å². The van der Waals surface area contributed by atoms with Crippen LogP contribution in [0.3, 0.4) is 0 Å². The van der Waals surface area contributed by atoms with Gasteiger partial charge in [0.2, 0.25) is 11.9 Å². The Labute approximate surface area is 185 Å². The van der Waals surface area contributed by atoms with Gasteiger partial charge in [-0.2, -0.15) is 4.98 Å². The first-order valence-corrected chi connectivity index (χ1v) is 10.7. The van der Waals surface area contributed by atoms with Crippen molar-refractivity contribution in [1.82, 2.24) is 20.2 Å². The summed E-state index contributed by atoms with van der Waals surface area (Å²) in [6.07, 6.45) is 3.50. The number of benzene rings is 2. The van der Waals surface area contributed by atoms with E-state index < -0.39 is 0 Å². The Balaban J connectivity index is 1.46. The molecule has 2 aromatic heterocycles. The average molecular weight is 428 g/mol. The summed E-state index contributed by atoms with van der Waals surface area (Å²) >= 11 is 0. The molecule has 1 saturated heterocycles. The maximum Gasteiger partial charge on any atom is 0.258 e. The summed E-state index contributed by atoms with van der Waals surface area (Å²) in [5.74, 6) is 1.46. The van der Waals surface area contributed by atoms with Crippen molar-refractivity contribution in [1.29, 1.82) is 0 Å². The lowest BCUT2D eigenvalue weighted by atomic mass is 10.0. The minimum atomic E-state index is -0.264. The van der Waals surface area contributed by atoms with E-state index in [1.165, 1.54) is 6.42 Å². The summed E-state index contributed by atoms with van der Waals surface area (Å²) in [6, 6.07) is 17.0. The Morgan fingerprint density at radius 1 is 1.03 bits per heavy atom. The normalized spacial score (nSPS) is 13.8. The zero-order valence-corrected chi connectivity index (χ0v) is 17.8. The maximum absolute atomic E-state index is 13.2. The van der Waals surface area contributed by atoms with Crippen molar-refractivity contribution in [3.8, 4) is 17.0 Å². The lowest BCUT2D eigenvalue weighted by molar-refractivity contribution is 0.102. The van der Waals surface area contributed by atoms with Crippen LogP contribution in [0.15, 0.2) is 54.6 Å². The fourth-order valence-electron chi connectivity index (χ4n) is 3.99. The van der Waals surface area contributed by atoms with E-state index in [-0.39, 0.29) is 5.91 Å². The SMILES string of the molecule is COc1ccc(-c2cc(C(=O)Nc3nc(N4CCCCC4)n[nH]3)c3ccccc3n2)cc1. The monoisotopic (exact) mass is 428 g/mol. The van der Waals surface area contributed by atoms with E-state index in [1.807, 2.05) is 48.5 Å². The molecule has 0 atom stereocenters. The van der Waals surface area contributed by atoms with Crippen LogP contribution < -0.4 is 15.0 Å². The number of aromatic amines is 1. The summed E-state index contributed by atoms with van der Waals surface area (Å²) < 4.78 is 5.25. The molecule has 3 heterocycles. The van der Waals surface area contributed by atoms with Crippen molar-refractivity contribution in [2.75, 3.05) is 30.4 Å². The van der Waals surface area contributed by atoms with Crippen molar-refractivity contribution in [3.05, 3.63) is 60.2 Å². The zero-order chi connectivity index (χ0) is 21.9. The highest BCUT2D eigenvalue weighted by atomic mass is 16.5. The number of H-pyrrole nitrogens is 1. The molecule has 1 aliphatic rings. The number of methoxy groups -OCH3 is 1. The molecule has 5 rings (SSSR count). The van der Waals surface area contributed by atoms with Crippen LogP contribution in [0.1, 0.15) is 29.6 Å². The molecule has 2 N–H and O–H groups in total. The second-order valence-corrected chi connectivity index (χ2v) is 7.79. The smallest absolute Gasteiger partial charge is 0.258 e. The number of para-hydroxylation sites is 1. The van der Waals surface area contributed by atoms with Crippen molar-refractivity contribution in [2.24, 2.45) is 0 Å². The number of nitrogens with zero attached hydrogens (tertiary/aromatic N) is 4. The highest BCUT2D eigenvalue weighted by Crippen LogP contribution is 2.27. The molecule has 8 heteroatoms. The van der Waals surface area contributed by atoms with E-state index in [2.05, 4.69) is 25.4 Å². The largest absolute Gasteiger partial charge is 0.497 e. The first kappa shape index (κ1) is 20.0. The van der Waals surface area contributed by atoms with Crippen molar-refractivity contribution < 1.29 is 9.53 Å². The second-order valence-electron chi connectivity index (χ2n) is 7.79. The molecule has 8 nitrogen and oxygen atoms in total. The Kier molecular flexibility index (Phi) is 5.41. The number of nitrogens with one attached hydrogen (secondary N) is 2. The maximum atomic E-state index is 13.2. The number of rotatable bonds is 5. The molecule has 2 aromatic carbocycles. The van der Waals surface area contributed by atoms with Crippen molar-refractivity contribution in [2.45, 2.75) is 19.3 Å². The first-order chi connectivity index (χ1) is 15.7. The van der Waals surface area contributed by atoms with Crippen LogP contribution in [-0.2, 0) is 0 Å². The molecule has 1 aliphatic heterocycles. The molecule has 0 bridgehead atoms. The number of hydrogen-bond donors (Lipinski definition) is 2. The van der Waals surface area contributed by atoms with E-state index in [0.717, 1.165) is 48.1 Å². The summed E-state index contributed by atoms with van der Waals surface area (Å²) in [7, 11) is 1.63. The number of ether oxygens (including phenoxy) is 1. The van der Waals surface area contributed by atoms with Gasteiger partial charge in [0, 0.05) is 24.0 Å². The number of carbonyl (C=O) groups excluding carboxylic acids is 1. The van der Waals surface area contributed by atoms with Gasteiger partial charge in [0.1, 0.15) is 5.75 Å². The molecule has 1 fully saturated rings. The molecule has 4 aromatic rings. The fourth-order valence-corrected chi connectivity index (χ4v) is 3.99. The summed E-state index contributed by atoms with van der Waals surface area (Å²) in [5, 5.41) is 10.8. The van der Waals surface area contributed by atoms with Crippen LogP contribution in [0.4, 0.5) is 11.9 Å². The quantitative estimate of drug-likeness (QED) is 0.493. The van der Waals surface area contributed by atoms with Gasteiger partial charge in [-0.1, -0.05) is 18.2 Å². The topological polar surface area (TPSA) is 96.0 Å². The number of hydrogen-bond acceptors (Lipinski definition) is 6. The summed E-state index contributed by atoms with van der Waals surface area (Å²) in [4.78, 5) is 24.6. The Bertz CT molecular complexity index is 1250. The van der Waals surface area contributed by atoms with E-state index >= 15 is 0 Å². The van der Waals surface area contributed by atoms with E-state index in [9.17, 15) is 4.79 Å². The standard InChI is InChI=1S/C24H24N6O2/c1-32-17-11-9-16(10-12-17)21-15-19(18-7-3-4-8-20(18)25-21)22(31)26-23-27-24(29-28-23)30-13-5-2-6-14-30/h3-4,7-12,15H,2,5-6,13-14H2,1H3,(H2,26,27,28,29,31). The Hall–Kier alpha value is -3.94. The van der Waals surface area contributed by atoms with Crippen LogP contribution in [0, 0.1) is 0 Å². The van der Waals surface area contributed by atoms with Gasteiger partial charge in [0.05, 0.1) is 23.9 Å². The van der Waals surface area contributed by atoms with Crippen LogP contribution in [0.2, 0.25) is 0 Å². The van der Waals surface area contributed by atoms with Crippen LogP contribution in [-0.4, -0.2) is 46.3 Å². The molecular weight excluding hydrogens is 404 g/mol. The van der Waals surface area contributed by atoms with E-state index in [4.69, 9.17) is 9.72 Å². The van der Waals surface area contributed by atoms with Gasteiger partial charge in [0.25, 0.3) is 5.91 Å². The first-order valence-electron chi connectivity index (χ1n) is 10.7. The molecule has 0 radical (unpaired) electrons. The van der Waals surface area contributed by atoms with Gasteiger partial charge in [-0.05, 0) is 55.7 Å². The predicted molar refractivity (Wildman–Crippen MR) is 124 cm³/mol. The summed E-state index contributed by atoms with van der Waals surface area (Å²) in [5.41, 5.74) is 2.88. The number of fused-ring (bicyclic) bond motifs is 1. The van der Waals surface area contributed by atoms with Crippen molar-refractivity contribution >= 4 is 28.7 Å². The van der Waals surface area contributed by atoms with Gasteiger partial charge < -0.3 is 9.64 Å². The number of piperidine rings is 1. The number of pyridine rings is 1. The highest BCUT2D eigenvalue weighted by Gasteiger charge is 2.18. The zero-order valence-electron chi connectivity index (χ0n) is 17.8. The van der Waals surface area contributed by atoms with Crippen LogP contribution >= 0.6 is 0 Å². The third-order valence-electron chi connectivity index (χ3n) is 5.69. The fraction of sp³-hybridized carbons (Fsp3) is 0.250. The molecule has 32 heavy (non-hydrogen) atoms. The van der Waals surface area contributed by atoms with E-state index in [0.29, 0.717) is 23.2 Å². The van der Waals surface area contributed by atoms with E-state index in [1.54, 1.807) is 13.2 Å². The molecule has 1 amide bonds. The van der Waals surface area contributed by atoms with Gasteiger partial charge in [-0.15, -0.1) is 5.10 Å². The van der Waals surface area contributed by atoms with Gasteiger partial charge >= 0.3 is 0 Å². The molecule has 0 saturated carbocycles. The molecule has 0 aliphatic carbocycles. The lowest BCUT2D eigenvalue weighted by Gasteiger charge is -2.24. The summed E-state index contributed by atoms with van der Waals surface area (Å²) in [6.45, 7) is 1.87. The predicted octanol–water partition coefficient (Wildman–Crippen LogP) is 4.27. The number of carbonyl (C=O) groups is 1. The third-order valence-corrected chi connectivity index (χ3v) is 5.69. The average Bonchev–Trinajstić information content (AvgIpc) is 3.32. The molecule has 162 valence electrons. The Morgan fingerprint density at radius 3 is 2.59 bits per heavy atom. The van der Waals surface area contributed by atoms with Gasteiger partial charge in [-0.3, -0.25) is 10.1 Å². The third kappa shape index (κ3) is 3.99. The Morgan fingerprint density at radius 2 is 1.81 bits per heavy atom. The minimum absolute atomic E-state index is 0.264. The number of amides is 1. The molecule has 0 spiro atoms. The van der Waals surface area contributed by atoms with Crippen LogP contribution in [0.5, 0.6) is 5.75 Å². The lowest BCUT2D eigenvalue weighted by Crippen LogP contribution is -2.30. The molecule has 0 unspecified atom stereocenters. The number of aromatic nitrogens is 4. The number of anilines is 2. The minimum Gasteiger partial charge on any atom is -0.497 e. The van der Waals surface area contributed by atoms with Gasteiger partial charge in [-0.25, -0.2) is 10.1 Å². The molecular formula is C24H24N6O2. The van der Waals surface area contributed by atoms with Crippen molar-refractivity contribution in [3.63, 3.8) is 0 Å².